The van der Waals surface area contributed by atoms with Crippen LogP contribution in [0.15, 0.2) is 249 Å². The van der Waals surface area contributed by atoms with Crippen LogP contribution in [-0.2, 0) is 0 Å². The van der Waals surface area contributed by atoms with Crippen molar-refractivity contribution in [3.05, 3.63) is 249 Å². The molecule has 0 aliphatic carbocycles. The highest BCUT2D eigenvalue weighted by Gasteiger charge is 2.21. The minimum absolute atomic E-state index is 1.09. The van der Waals surface area contributed by atoms with Crippen LogP contribution in [0.1, 0.15) is 0 Å². The van der Waals surface area contributed by atoms with E-state index in [9.17, 15) is 0 Å². The molecule has 0 saturated carbocycles. The standard InChI is InChI=1S/C62H41N/c1-3-16-47(17-4-1)61-59-24-12-11-23-57(59)58-39-37-52(41-60(58)62(61)48-18-5-2-6-19-48)63(51-36-38-56-49(40-51)31-30-45-15-8-10-22-54(45)56)50-34-32-43(33-35-50)42-26-28-46(29-27-42)55-25-13-20-44-14-7-9-21-53(44)55/h1-41H. The molecule has 294 valence electrons. The molecule has 0 spiro atoms. The summed E-state index contributed by atoms with van der Waals surface area (Å²) < 4.78 is 0. The van der Waals surface area contributed by atoms with Gasteiger partial charge in [0, 0.05) is 17.1 Å². The lowest BCUT2D eigenvalue weighted by Crippen LogP contribution is -2.10. The van der Waals surface area contributed by atoms with E-state index in [2.05, 4.69) is 254 Å². The van der Waals surface area contributed by atoms with Gasteiger partial charge in [0.2, 0.25) is 0 Å². The summed E-state index contributed by atoms with van der Waals surface area (Å²) in [6, 6.07) is 91.1. The number of hydrogen-bond acceptors (Lipinski definition) is 1. The molecule has 0 fully saturated rings. The zero-order valence-corrected chi connectivity index (χ0v) is 34.6. The maximum absolute atomic E-state index is 2.42. The second-order valence-electron chi connectivity index (χ2n) is 16.4. The molecule has 0 saturated heterocycles. The van der Waals surface area contributed by atoms with Gasteiger partial charge in [0.05, 0.1) is 0 Å². The summed E-state index contributed by atoms with van der Waals surface area (Å²) in [6.45, 7) is 0. The molecule has 0 bridgehead atoms. The third kappa shape index (κ3) is 6.42. The van der Waals surface area contributed by atoms with Gasteiger partial charge in [0.15, 0.2) is 0 Å². The Bertz CT molecular complexity index is 3640. The van der Waals surface area contributed by atoms with Gasteiger partial charge in [0.1, 0.15) is 0 Å². The number of anilines is 3. The van der Waals surface area contributed by atoms with Crippen LogP contribution in [0.5, 0.6) is 0 Å². The third-order valence-electron chi connectivity index (χ3n) is 12.8. The number of benzene rings is 12. The summed E-state index contributed by atoms with van der Waals surface area (Å²) >= 11 is 0. The molecule has 0 radical (unpaired) electrons. The van der Waals surface area contributed by atoms with Crippen molar-refractivity contribution < 1.29 is 0 Å². The first-order valence-electron chi connectivity index (χ1n) is 21.7. The minimum Gasteiger partial charge on any atom is -0.310 e. The van der Waals surface area contributed by atoms with E-state index in [1.807, 2.05) is 0 Å². The first-order chi connectivity index (χ1) is 31.2. The van der Waals surface area contributed by atoms with Crippen LogP contribution in [0.2, 0.25) is 0 Å². The molecule has 12 aromatic carbocycles. The van der Waals surface area contributed by atoms with Crippen LogP contribution in [0.4, 0.5) is 17.1 Å². The van der Waals surface area contributed by atoms with Crippen LogP contribution in [-0.4, -0.2) is 0 Å². The summed E-state index contributed by atoms with van der Waals surface area (Å²) in [5.41, 5.74) is 13.0. The van der Waals surface area contributed by atoms with Crippen molar-refractivity contribution in [2.75, 3.05) is 4.90 Å². The molecule has 63 heavy (non-hydrogen) atoms. The van der Waals surface area contributed by atoms with Crippen molar-refractivity contribution in [1.29, 1.82) is 0 Å². The largest absolute Gasteiger partial charge is 0.310 e. The molecular weight excluding hydrogens is 759 g/mol. The lowest BCUT2D eigenvalue weighted by atomic mass is 9.85. The summed E-state index contributed by atoms with van der Waals surface area (Å²) in [6.07, 6.45) is 0. The molecule has 0 unspecified atom stereocenters. The Balaban J connectivity index is 1.03. The summed E-state index contributed by atoms with van der Waals surface area (Å²) in [4.78, 5) is 2.42. The highest BCUT2D eigenvalue weighted by atomic mass is 15.1. The highest BCUT2D eigenvalue weighted by Crippen LogP contribution is 2.47. The van der Waals surface area contributed by atoms with Crippen LogP contribution >= 0.6 is 0 Å². The van der Waals surface area contributed by atoms with Crippen LogP contribution in [0, 0.1) is 0 Å². The maximum atomic E-state index is 2.42. The Morgan fingerprint density at radius 3 is 1.35 bits per heavy atom. The van der Waals surface area contributed by atoms with Gasteiger partial charge in [-0.2, -0.15) is 0 Å². The van der Waals surface area contributed by atoms with Crippen LogP contribution < -0.4 is 4.90 Å². The molecule has 12 rings (SSSR count). The fourth-order valence-electron chi connectivity index (χ4n) is 9.84. The Hall–Kier alpha value is -8.26. The monoisotopic (exact) mass is 799 g/mol. The summed E-state index contributed by atoms with van der Waals surface area (Å²) in [5, 5.41) is 12.5. The Kier molecular flexibility index (Phi) is 8.90. The van der Waals surface area contributed by atoms with E-state index in [-0.39, 0.29) is 0 Å². The smallest absolute Gasteiger partial charge is 0.0468 e. The fraction of sp³-hybridized carbons (Fsp3) is 0. The quantitative estimate of drug-likeness (QED) is 0.145. The average molecular weight is 800 g/mol. The molecule has 0 heterocycles. The molecule has 12 aromatic rings. The van der Waals surface area contributed by atoms with Gasteiger partial charge in [-0.15, -0.1) is 0 Å². The molecule has 0 aliphatic heterocycles. The third-order valence-corrected chi connectivity index (χ3v) is 12.8. The van der Waals surface area contributed by atoms with Crippen molar-refractivity contribution in [3.8, 4) is 44.5 Å². The van der Waals surface area contributed by atoms with Crippen molar-refractivity contribution in [1.82, 2.24) is 0 Å². The van der Waals surface area contributed by atoms with Crippen LogP contribution in [0.25, 0.3) is 98.4 Å². The number of rotatable bonds is 7. The predicted octanol–water partition coefficient (Wildman–Crippen LogP) is 17.6. The molecule has 0 atom stereocenters. The maximum Gasteiger partial charge on any atom is 0.0468 e. The molecular formula is C62H41N. The average Bonchev–Trinajstić information content (AvgIpc) is 3.36. The number of hydrogen-bond donors (Lipinski definition) is 0. The van der Waals surface area contributed by atoms with Gasteiger partial charge in [-0.05, 0) is 135 Å². The van der Waals surface area contributed by atoms with E-state index in [1.54, 1.807) is 0 Å². The molecule has 1 nitrogen and oxygen atoms in total. The van der Waals surface area contributed by atoms with E-state index in [1.165, 1.54) is 98.4 Å². The van der Waals surface area contributed by atoms with E-state index in [0.717, 1.165) is 17.1 Å². The fourth-order valence-corrected chi connectivity index (χ4v) is 9.84. The first kappa shape index (κ1) is 36.6. The number of fused-ring (bicyclic) bond motifs is 7. The molecule has 0 amide bonds. The van der Waals surface area contributed by atoms with Gasteiger partial charge in [-0.25, -0.2) is 0 Å². The topological polar surface area (TPSA) is 3.24 Å². The summed E-state index contributed by atoms with van der Waals surface area (Å²) in [7, 11) is 0. The molecule has 1 heteroatoms. The molecule has 0 aromatic heterocycles. The van der Waals surface area contributed by atoms with Crippen molar-refractivity contribution in [2.45, 2.75) is 0 Å². The Labute approximate surface area is 367 Å². The highest BCUT2D eigenvalue weighted by molar-refractivity contribution is 6.22. The van der Waals surface area contributed by atoms with Gasteiger partial charge in [-0.3, -0.25) is 0 Å². The SMILES string of the molecule is c1ccc(-c2c(-c3ccccc3)c3cc(N(c4ccc(-c5ccc(-c6cccc7ccccc67)cc5)cc4)c4ccc5c(ccc6ccccc65)c4)ccc3c3ccccc23)cc1. The van der Waals surface area contributed by atoms with Gasteiger partial charge < -0.3 is 4.90 Å². The summed E-state index contributed by atoms with van der Waals surface area (Å²) in [5.74, 6) is 0. The molecule has 0 aliphatic rings. The van der Waals surface area contributed by atoms with Gasteiger partial charge >= 0.3 is 0 Å². The zero-order chi connectivity index (χ0) is 41.7. The lowest BCUT2D eigenvalue weighted by molar-refractivity contribution is 1.29. The van der Waals surface area contributed by atoms with E-state index >= 15 is 0 Å². The second-order valence-corrected chi connectivity index (χ2v) is 16.4. The van der Waals surface area contributed by atoms with Crippen molar-refractivity contribution in [3.63, 3.8) is 0 Å². The van der Waals surface area contributed by atoms with Crippen LogP contribution in [0.3, 0.4) is 0 Å². The van der Waals surface area contributed by atoms with Gasteiger partial charge in [-0.1, -0.05) is 212 Å². The first-order valence-corrected chi connectivity index (χ1v) is 21.7. The van der Waals surface area contributed by atoms with E-state index in [4.69, 9.17) is 0 Å². The zero-order valence-electron chi connectivity index (χ0n) is 34.6. The number of nitrogens with zero attached hydrogens (tertiary/aromatic N) is 1. The minimum atomic E-state index is 1.09. The van der Waals surface area contributed by atoms with E-state index in [0.29, 0.717) is 0 Å². The lowest BCUT2D eigenvalue weighted by Gasteiger charge is -2.27. The van der Waals surface area contributed by atoms with E-state index < -0.39 is 0 Å². The predicted molar refractivity (Wildman–Crippen MR) is 270 cm³/mol. The van der Waals surface area contributed by atoms with Gasteiger partial charge in [0.25, 0.3) is 0 Å². The Morgan fingerprint density at radius 2 is 0.651 bits per heavy atom. The normalized spacial score (nSPS) is 11.5. The Morgan fingerprint density at radius 1 is 0.206 bits per heavy atom. The van der Waals surface area contributed by atoms with Crippen molar-refractivity contribution in [2.24, 2.45) is 0 Å². The molecule has 0 N–H and O–H groups in total. The second kappa shape index (κ2) is 15.3. The van der Waals surface area contributed by atoms with Crippen molar-refractivity contribution >= 4 is 70.9 Å².